The van der Waals surface area contributed by atoms with Crippen LogP contribution in [0, 0.1) is 0 Å². The van der Waals surface area contributed by atoms with E-state index in [-0.39, 0.29) is 11.0 Å². The molecule has 0 aromatic carbocycles. The van der Waals surface area contributed by atoms with Crippen molar-refractivity contribution in [2.45, 2.75) is 11.8 Å². The van der Waals surface area contributed by atoms with Gasteiger partial charge in [0.25, 0.3) is 6.43 Å². The predicted octanol–water partition coefficient (Wildman–Crippen LogP) is 3.46. The van der Waals surface area contributed by atoms with E-state index in [4.69, 9.17) is 0 Å². The summed E-state index contributed by atoms with van der Waals surface area (Å²) >= 11 is 6.19. The summed E-state index contributed by atoms with van der Waals surface area (Å²) in [5, 5.41) is 0.194. The largest absolute Gasteiger partial charge is 0.464 e. The average Bonchev–Trinajstić information content (AvgIpc) is 2.27. The maximum atomic E-state index is 12.9. The number of ether oxygens (including phenoxy) is 1. The Bertz CT molecular complexity index is 413. The minimum absolute atomic E-state index is 0.194. The van der Waals surface area contributed by atoms with Crippen molar-refractivity contribution in [1.82, 2.24) is 4.98 Å². The lowest BCUT2D eigenvalue weighted by Crippen LogP contribution is -2.11. The van der Waals surface area contributed by atoms with Crippen molar-refractivity contribution in [3.05, 3.63) is 27.5 Å². The van der Waals surface area contributed by atoms with Crippen molar-refractivity contribution in [3.8, 4) is 0 Å². The number of alkyl halides is 3. The zero-order valence-corrected chi connectivity index (χ0v) is 11.3. The Kier molecular flexibility index (Phi) is 4.79. The lowest BCUT2D eigenvalue weighted by Gasteiger charge is -2.11. The Morgan fingerprint density at radius 2 is 2.25 bits per heavy atom. The summed E-state index contributed by atoms with van der Waals surface area (Å²) in [7, 11) is 1.12. The quantitative estimate of drug-likeness (QED) is 0.613. The molecule has 1 rings (SSSR count). The molecule has 88 valence electrons. The summed E-state index contributed by atoms with van der Waals surface area (Å²) in [4.78, 5) is 14.9. The van der Waals surface area contributed by atoms with E-state index in [1.165, 1.54) is 6.20 Å². The van der Waals surface area contributed by atoms with Gasteiger partial charge in [0.15, 0.2) is 5.69 Å². The third-order valence-corrected chi connectivity index (χ3v) is 3.15. The second kappa shape index (κ2) is 5.67. The number of halogens is 4. The van der Waals surface area contributed by atoms with Gasteiger partial charge in [-0.3, -0.25) is 0 Å². The summed E-state index contributed by atoms with van der Waals surface area (Å²) in [6.45, 7) is 0. The van der Waals surface area contributed by atoms with Gasteiger partial charge >= 0.3 is 5.97 Å². The molecule has 0 unspecified atom stereocenters. The van der Waals surface area contributed by atoms with E-state index in [1.807, 2.05) is 0 Å². The molecule has 3 nitrogen and oxygen atoms in total. The fourth-order valence-corrected chi connectivity index (χ4v) is 2.61. The number of methoxy groups -OCH3 is 1. The van der Waals surface area contributed by atoms with Crippen LogP contribution in [0.25, 0.3) is 0 Å². The minimum Gasteiger partial charge on any atom is -0.464 e. The van der Waals surface area contributed by atoms with Gasteiger partial charge in [-0.1, -0.05) is 15.9 Å². The normalized spacial score (nSPS) is 10.6. The fraction of sp³-hybridized carbons (Fsp3) is 0.333. The molecule has 16 heavy (non-hydrogen) atoms. The Morgan fingerprint density at radius 3 is 2.69 bits per heavy atom. The summed E-state index contributed by atoms with van der Waals surface area (Å²) in [5.74, 6) is -0.870. The maximum Gasteiger partial charge on any atom is 0.357 e. The number of aromatic nitrogens is 1. The number of rotatable bonds is 3. The first-order valence-corrected chi connectivity index (χ1v) is 6.04. The van der Waals surface area contributed by atoms with Gasteiger partial charge in [0.2, 0.25) is 0 Å². The third-order valence-electron chi connectivity index (χ3n) is 1.91. The lowest BCUT2D eigenvalue weighted by molar-refractivity contribution is 0.0581. The molecule has 0 saturated carbocycles. The van der Waals surface area contributed by atoms with Crippen LogP contribution in [0.2, 0.25) is 0 Å². The molecule has 0 radical (unpaired) electrons. The first kappa shape index (κ1) is 13.5. The molecule has 7 heteroatoms. The smallest absolute Gasteiger partial charge is 0.357 e. The van der Waals surface area contributed by atoms with Gasteiger partial charge in [-0.25, -0.2) is 18.6 Å². The Morgan fingerprint density at radius 1 is 1.62 bits per heavy atom. The van der Waals surface area contributed by atoms with E-state index in [9.17, 15) is 13.6 Å². The van der Waals surface area contributed by atoms with Crippen LogP contribution in [0.15, 0.2) is 10.7 Å². The highest BCUT2D eigenvalue weighted by Crippen LogP contribution is 2.32. The summed E-state index contributed by atoms with van der Waals surface area (Å²) in [5.41, 5.74) is -0.460. The van der Waals surface area contributed by atoms with Gasteiger partial charge in [-0.05, 0) is 21.5 Å². The van der Waals surface area contributed by atoms with Gasteiger partial charge in [0.05, 0.1) is 12.7 Å². The number of nitrogens with zero attached hydrogens (tertiary/aromatic N) is 1. The molecule has 0 N–H and O–H groups in total. The van der Waals surface area contributed by atoms with Gasteiger partial charge < -0.3 is 4.74 Å². The van der Waals surface area contributed by atoms with Crippen LogP contribution in [0.4, 0.5) is 8.78 Å². The molecule has 0 fully saturated rings. The van der Waals surface area contributed by atoms with Crippen molar-refractivity contribution in [2.75, 3.05) is 7.11 Å². The first-order chi connectivity index (χ1) is 7.52. The third kappa shape index (κ3) is 2.57. The van der Waals surface area contributed by atoms with Gasteiger partial charge in [0.1, 0.15) is 0 Å². The van der Waals surface area contributed by atoms with E-state index in [2.05, 4.69) is 41.6 Å². The number of esters is 1. The predicted molar refractivity (Wildman–Crippen MR) is 60.9 cm³/mol. The van der Waals surface area contributed by atoms with Crippen LogP contribution in [0.1, 0.15) is 28.0 Å². The van der Waals surface area contributed by atoms with Crippen LogP contribution < -0.4 is 0 Å². The van der Waals surface area contributed by atoms with Crippen LogP contribution in [-0.4, -0.2) is 18.1 Å². The van der Waals surface area contributed by atoms with Crippen LogP contribution in [-0.2, 0) is 10.1 Å². The van der Waals surface area contributed by atoms with Crippen molar-refractivity contribution in [3.63, 3.8) is 0 Å². The first-order valence-electron chi connectivity index (χ1n) is 4.12. The zero-order chi connectivity index (χ0) is 12.3. The minimum atomic E-state index is -2.79. The Hall–Kier alpha value is -0.560. The molecule has 1 heterocycles. The van der Waals surface area contributed by atoms with Gasteiger partial charge in [-0.2, -0.15) is 0 Å². The Labute approximate surface area is 107 Å². The van der Waals surface area contributed by atoms with E-state index in [0.29, 0.717) is 10.0 Å². The highest BCUT2D eigenvalue weighted by atomic mass is 79.9. The monoisotopic (exact) mass is 357 g/mol. The number of pyridine rings is 1. The zero-order valence-electron chi connectivity index (χ0n) is 8.14. The summed E-state index contributed by atoms with van der Waals surface area (Å²) < 4.78 is 30.5. The fourth-order valence-electron chi connectivity index (χ4n) is 1.17. The van der Waals surface area contributed by atoms with Gasteiger partial charge in [0, 0.05) is 16.0 Å². The summed E-state index contributed by atoms with van der Waals surface area (Å²) in [6, 6.07) is 0. The van der Waals surface area contributed by atoms with Gasteiger partial charge in [-0.15, -0.1) is 0 Å². The molecular formula is C9H7Br2F2NO2. The van der Waals surface area contributed by atoms with Crippen LogP contribution >= 0.6 is 31.9 Å². The highest BCUT2D eigenvalue weighted by Gasteiger charge is 2.25. The molecular weight excluding hydrogens is 352 g/mol. The second-order valence-corrected chi connectivity index (χ2v) is 4.19. The molecule has 0 saturated heterocycles. The molecule has 0 atom stereocenters. The number of hydrogen-bond acceptors (Lipinski definition) is 3. The Balaban J connectivity index is 3.45. The second-order valence-electron chi connectivity index (χ2n) is 2.77. The van der Waals surface area contributed by atoms with E-state index in [1.54, 1.807) is 0 Å². The number of carbonyl (C=O) groups excluding carboxylic acids is 1. The van der Waals surface area contributed by atoms with Crippen molar-refractivity contribution < 1.29 is 18.3 Å². The lowest BCUT2D eigenvalue weighted by atomic mass is 10.1. The molecule has 0 aliphatic rings. The van der Waals surface area contributed by atoms with Crippen LogP contribution in [0.3, 0.4) is 0 Å². The van der Waals surface area contributed by atoms with E-state index < -0.39 is 18.0 Å². The van der Waals surface area contributed by atoms with E-state index in [0.717, 1.165) is 7.11 Å². The maximum absolute atomic E-state index is 12.9. The molecule has 0 amide bonds. The average molecular weight is 359 g/mol. The topological polar surface area (TPSA) is 39.2 Å². The molecule has 0 aliphatic carbocycles. The molecule has 1 aromatic rings. The molecule has 0 aliphatic heterocycles. The highest BCUT2D eigenvalue weighted by molar-refractivity contribution is 9.10. The molecule has 0 bridgehead atoms. The van der Waals surface area contributed by atoms with E-state index >= 15 is 0 Å². The number of hydrogen-bond donors (Lipinski definition) is 0. The molecule has 1 aromatic heterocycles. The summed E-state index contributed by atoms with van der Waals surface area (Å²) in [6.07, 6.45) is -1.49. The standard InChI is InChI=1S/C9H7Br2F2NO2/c1-16-9(15)7-6(8(12)13)4(2-10)5(11)3-14-7/h3,8H,2H2,1H3. The van der Waals surface area contributed by atoms with Crippen molar-refractivity contribution in [1.29, 1.82) is 0 Å². The number of carbonyl (C=O) groups is 1. The SMILES string of the molecule is COC(=O)c1ncc(Br)c(CBr)c1C(F)F. The molecule has 0 spiro atoms. The van der Waals surface area contributed by atoms with Crippen LogP contribution in [0.5, 0.6) is 0 Å². The van der Waals surface area contributed by atoms with Crippen molar-refractivity contribution >= 4 is 37.8 Å². The van der Waals surface area contributed by atoms with Crippen molar-refractivity contribution in [2.24, 2.45) is 0 Å².